The number of nitro benzene ring substituents is 1. The molecule has 126 valence electrons. The van der Waals surface area contributed by atoms with Crippen LogP contribution in [0.1, 0.15) is 30.4 Å². The van der Waals surface area contributed by atoms with E-state index in [2.05, 4.69) is 0 Å². The van der Waals surface area contributed by atoms with Gasteiger partial charge in [0, 0.05) is 28.3 Å². The lowest BCUT2D eigenvalue weighted by Crippen LogP contribution is -2.12. The maximum absolute atomic E-state index is 12.7. The molecule has 1 saturated carbocycles. The van der Waals surface area contributed by atoms with Crippen LogP contribution in [0.5, 0.6) is 0 Å². The van der Waals surface area contributed by atoms with Crippen molar-refractivity contribution in [3.63, 3.8) is 0 Å². The molecule has 1 fully saturated rings. The number of nitrogens with zero attached hydrogens (tertiary/aromatic N) is 1. The van der Waals surface area contributed by atoms with Crippen molar-refractivity contribution in [1.29, 1.82) is 0 Å². The van der Waals surface area contributed by atoms with Gasteiger partial charge in [-0.1, -0.05) is 23.7 Å². The minimum Gasteiger partial charge on any atom is -0.289 e. The molecule has 0 amide bonds. The summed E-state index contributed by atoms with van der Waals surface area (Å²) in [6.07, 6.45) is 6.10. The topological polar surface area (TPSA) is 60.2 Å². The Balaban J connectivity index is 1.84. The Hall–Kier alpha value is -2.72. The summed E-state index contributed by atoms with van der Waals surface area (Å²) in [7, 11) is 0. The first-order valence-electron chi connectivity index (χ1n) is 7.99. The molecule has 2 aromatic rings. The first-order chi connectivity index (χ1) is 12.0. The minimum atomic E-state index is -0.435. The van der Waals surface area contributed by atoms with E-state index in [4.69, 9.17) is 11.6 Å². The van der Waals surface area contributed by atoms with E-state index in [1.807, 2.05) is 24.3 Å². The van der Waals surface area contributed by atoms with Gasteiger partial charge < -0.3 is 0 Å². The number of carbonyl (C=O) groups is 1. The molecule has 0 radical (unpaired) electrons. The lowest BCUT2D eigenvalue weighted by molar-refractivity contribution is -0.384. The highest BCUT2D eigenvalue weighted by molar-refractivity contribution is 6.30. The number of nitro groups is 1. The number of carbonyl (C=O) groups excluding carboxylic acids is 1. The highest BCUT2D eigenvalue weighted by Gasteiger charge is 2.20. The number of halogens is 1. The fraction of sp³-hybridized carbons (Fsp3) is 0.150. The zero-order valence-corrected chi connectivity index (χ0v) is 14.2. The molecule has 0 unspecified atom stereocenters. The van der Waals surface area contributed by atoms with Gasteiger partial charge in [-0.15, -0.1) is 0 Å². The Kier molecular flexibility index (Phi) is 5.10. The molecule has 2 aromatic carbocycles. The van der Waals surface area contributed by atoms with Crippen LogP contribution in [0.15, 0.2) is 59.7 Å². The predicted molar refractivity (Wildman–Crippen MR) is 99.4 cm³/mol. The van der Waals surface area contributed by atoms with Crippen LogP contribution < -0.4 is 0 Å². The van der Waals surface area contributed by atoms with Crippen LogP contribution in [0.25, 0.3) is 12.2 Å². The maximum Gasteiger partial charge on any atom is 0.269 e. The summed E-state index contributed by atoms with van der Waals surface area (Å²) < 4.78 is 0. The average molecular weight is 354 g/mol. The monoisotopic (exact) mass is 353 g/mol. The van der Waals surface area contributed by atoms with Gasteiger partial charge in [-0.25, -0.2) is 0 Å². The Labute approximate surface area is 150 Å². The number of benzene rings is 2. The molecule has 25 heavy (non-hydrogen) atoms. The number of non-ortho nitro benzene ring substituents is 1. The van der Waals surface area contributed by atoms with E-state index in [9.17, 15) is 14.9 Å². The molecule has 3 rings (SSSR count). The third-order valence-electron chi connectivity index (χ3n) is 4.13. The van der Waals surface area contributed by atoms with Gasteiger partial charge in [0.1, 0.15) is 0 Å². The van der Waals surface area contributed by atoms with Gasteiger partial charge in [-0.2, -0.15) is 0 Å². The zero-order chi connectivity index (χ0) is 17.8. The molecule has 1 aliphatic carbocycles. The summed E-state index contributed by atoms with van der Waals surface area (Å²) in [4.78, 5) is 23.0. The lowest BCUT2D eigenvalue weighted by atomic mass is 9.87. The number of rotatable bonds is 3. The standard InChI is InChI=1S/C20H16ClNO3/c21-18-8-4-14(5-9-18)12-16-2-1-3-17(20(16)23)13-15-6-10-19(11-7-15)22(24)25/h4-13H,1-3H2/b16-12+,17-13-. The van der Waals surface area contributed by atoms with Gasteiger partial charge in [0.25, 0.3) is 5.69 Å². The van der Waals surface area contributed by atoms with Crippen molar-refractivity contribution in [2.24, 2.45) is 0 Å². The molecular formula is C20H16ClNO3. The lowest BCUT2D eigenvalue weighted by Gasteiger charge is -2.16. The van der Waals surface area contributed by atoms with E-state index in [0.29, 0.717) is 11.4 Å². The molecule has 0 N–H and O–H groups in total. The van der Waals surface area contributed by atoms with Crippen molar-refractivity contribution >= 4 is 35.2 Å². The van der Waals surface area contributed by atoms with Gasteiger partial charge in [-0.05, 0) is 66.8 Å². The molecule has 0 aromatic heterocycles. The Morgan fingerprint density at radius 1 is 0.880 bits per heavy atom. The average Bonchev–Trinajstić information content (AvgIpc) is 2.61. The molecule has 1 aliphatic rings. The third kappa shape index (κ3) is 4.22. The zero-order valence-electron chi connectivity index (χ0n) is 13.4. The van der Waals surface area contributed by atoms with Crippen LogP contribution in [0, 0.1) is 10.1 Å². The van der Waals surface area contributed by atoms with Crippen LogP contribution in [-0.2, 0) is 4.79 Å². The van der Waals surface area contributed by atoms with Gasteiger partial charge in [0.15, 0.2) is 5.78 Å². The van der Waals surface area contributed by atoms with Crippen LogP contribution in [0.4, 0.5) is 5.69 Å². The molecule has 0 spiro atoms. The molecule has 0 saturated heterocycles. The molecule has 4 nitrogen and oxygen atoms in total. The molecule has 0 atom stereocenters. The molecule has 0 heterocycles. The van der Waals surface area contributed by atoms with Crippen molar-refractivity contribution < 1.29 is 9.72 Å². The van der Waals surface area contributed by atoms with Gasteiger partial charge in [0.05, 0.1) is 4.92 Å². The van der Waals surface area contributed by atoms with E-state index < -0.39 is 4.92 Å². The summed E-state index contributed by atoms with van der Waals surface area (Å²) in [6.45, 7) is 0. The fourth-order valence-corrected chi connectivity index (χ4v) is 2.96. The minimum absolute atomic E-state index is 0.0413. The van der Waals surface area contributed by atoms with Crippen LogP contribution in [0.2, 0.25) is 5.02 Å². The summed E-state index contributed by atoms with van der Waals surface area (Å²) in [6, 6.07) is 13.6. The number of hydrogen-bond donors (Lipinski definition) is 0. The van der Waals surface area contributed by atoms with Crippen molar-refractivity contribution in [3.05, 3.63) is 85.9 Å². The number of hydrogen-bond acceptors (Lipinski definition) is 3. The first kappa shape index (κ1) is 17.1. The van der Waals surface area contributed by atoms with E-state index in [-0.39, 0.29) is 11.5 Å². The normalized spacial score (nSPS) is 17.9. The quantitative estimate of drug-likeness (QED) is 0.417. The van der Waals surface area contributed by atoms with Crippen molar-refractivity contribution in [3.8, 4) is 0 Å². The summed E-state index contributed by atoms with van der Waals surface area (Å²) in [5, 5.41) is 11.4. The van der Waals surface area contributed by atoms with E-state index in [0.717, 1.165) is 35.1 Å². The van der Waals surface area contributed by atoms with Crippen molar-refractivity contribution in [1.82, 2.24) is 0 Å². The van der Waals surface area contributed by atoms with E-state index >= 15 is 0 Å². The van der Waals surface area contributed by atoms with Crippen LogP contribution in [0.3, 0.4) is 0 Å². The Bertz CT molecular complexity index is 865. The van der Waals surface area contributed by atoms with Gasteiger partial charge in [0.2, 0.25) is 0 Å². The highest BCUT2D eigenvalue weighted by atomic mass is 35.5. The van der Waals surface area contributed by atoms with Gasteiger partial charge in [-0.3, -0.25) is 14.9 Å². The van der Waals surface area contributed by atoms with E-state index in [1.165, 1.54) is 12.1 Å². The number of allylic oxidation sites excluding steroid dienone is 2. The first-order valence-corrected chi connectivity index (χ1v) is 8.36. The molecule has 0 aliphatic heterocycles. The molecule has 5 heteroatoms. The maximum atomic E-state index is 12.7. The molecular weight excluding hydrogens is 338 g/mol. The second kappa shape index (κ2) is 7.45. The Morgan fingerprint density at radius 2 is 1.36 bits per heavy atom. The largest absolute Gasteiger partial charge is 0.289 e. The Morgan fingerprint density at radius 3 is 1.84 bits per heavy atom. The van der Waals surface area contributed by atoms with Crippen molar-refractivity contribution in [2.75, 3.05) is 0 Å². The van der Waals surface area contributed by atoms with Gasteiger partial charge >= 0.3 is 0 Å². The number of ketones is 1. The highest BCUT2D eigenvalue weighted by Crippen LogP contribution is 2.28. The summed E-state index contributed by atoms with van der Waals surface area (Å²) in [5.74, 6) is 0.0413. The summed E-state index contributed by atoms with van der Waals surface area (Å²) >= 11 is 5.89. The van der Waals surface area contributed by atoms with Crippen LogP contribution in [-0.4, -0.2) is 10.7 Å². The predicted octanol–water partition coefficient (Wildman–Crippen LogP) is 5.47. The summed E-state index contributed by atoms with van der Waals surface area (Å²) in [5.41, 5.74) is 3.30. The second-order valence-electron chi connectivity index (χ2n) is 5.92. The van der Waals surface area contributed by atoms with E-state index in [1.54, 1.807) is 24.3 Å². The second-order valence-corrected chi connectivity index (χ2v) is 6.36. The molecule has 0 bridgehead atoms. The fourth-order valence-electron chi connectivity index (χ4n) is 2.83. The SMILES string of the molecule is O=C1/C(=C\c2ccc([N+](=O)[O-])cc2)CCC/C1=C\c1ccc(Cl)cc1. The smallest absolute Gasteiger partial charge is 0.269 e. The van der Waals surface area contributed by atoms with Crippen LogP contribution >= 0.6 is 11.6 Å². The van der Waals surface area contributed by atoms with Crippen molar-refractivity contribution in [2.45, 2.75) is 19.3 Å². The number of Topliss-reactive ketones (excluding diaryl/α,β-unsaturated/α-hetero) is 1. The third-order valence-corrected chi connectivity index (χ3v) is 4.38.